The van der Waals surface area contributed by atoms with Crippen LogP contribution in [0.25, 0.3) is 11.1 Å². The lowest BCUT2D eigenvalue weighted by Crippen LogP contribution is -2.16. The summed E-state index contributed by atoms with van der Waals surface area (Å²) in [5, 5.41) is 0. The molecule has 122 valence electrons. The number of aromatic nitrogens is 1. The second kappa shape index (κ2) is 6.06. The third kappa shape index (κ3) is 3.71. The second-order valence-corrected chi connectivity index (χ2v) is 8.44. The number of unbranched alkanes of at least 4 members (excludes halogenated alkanes) is 2. The van der Waals surface area contributed by atoms with Crippen molar-refractivity contribution >= 4 is 11.1 Å². The molecule has 0 amide bonds. The van der Waals surface area contributed by atoms with E-state index in [1.54, 1.807) is 0 Å². The van der Waals surface area contributed by atoms with Crippen LogP contribution in [0.3, 0.4) is 0 Å². The maximum Gasteiger partial charge on any atom is 0.195 e. The first kappa shape index (κ1) is 17.1. The normalized spacial score (nSPS) is 13.0. The molecule has 1 aromatic heterocycles. The molecule has 0 aliphatic heterocycles. The summed E-state index contributed by atoms with van der Waals surface area (Å²) < 4.78 is 6.13. The molecule has 2 rings (SSSR count). The minimum atomic E-state index is 0.0553. The summed E-state index contributed by atoms with van der Waals surface area (Å²) in [4.78, 5) is 4.77. The van der Waals surface area contributed by atoms with E-state index in [-0.39, 0.29) is 10.8 Å². The number of hydrogen-bond acceptors (Lipinski definition) is 2. The Morgan fingerprint density at radius 2 is 1.64 bits per heavy atom. The van der Waals surface area contributed by atoms with Crippen LogP contribution in [0, 0.1) is 0 Å². The van der Waals surface area contributed by atoms with Crippen LogP contribution in [0.2, 0.25) is 0 Å². The molecule has 1 heterocycles. The van der Waals surface area contributed by atoms with Gasteiger partial charge in [0.05, 0.1) is 0 Å². The SMILES string of the molecule is CCCCCc1nc2cc(C(C)(C)C)cc(C(C)(C)C)c2o1. The Morgan fingerprint density at radius 1 is 0.955 bits per heavy atom. The number of rotatable bonds is 4. The monoisotopic (exact) mass is 301 g/mol. The van der Waals surface area contributed by atoms with E-state index in [1.165, 1.54) is 24.0 Å². The van der Waals surface area contributed by atoms with Crippen molar-refractivity contribution in [3.63, 3.8) is 0 Å². The van der Waals surface area contributed by atoms with Gasteiger partial charge in [-0.05, 0) is 28.9 Å². The first-order chi connectivity index (χ1) is 10.1. The van der Waals surface area contributed by atoms with Crippen LogP contribution in [-0.4, -0.2) is 4.98 Å². The van der Waals surface area contributed by atoms with Crippen molar-refractivity contribution in [2.45, 2.75) is 85.0 Å². The summed E-state index contributed by atoms with van der Waals surface area (Å²) >= 11 is 0. The molecule has 0 saturated heterocycles. The number of aryl methyl sites for hydroxylation is 1. The molecule has 0 aliphatic rings. The number of fused-ring (bicyclic) bond motifs is 1. The fourth-order valence-corrected chi connectivity index (χ4v) is 2.70. The molecule has 0 fully saturated rings. The highest BCUT2D eigenvalue weighted by atomic mass is 16.3. The largest absolute Gasteiger partial charge is 0.440 e. The van der Waals surface area contributed by atoms with E-state index >= 15 is 0 Å². The summed E-state index contributed by atoms with van der Waals surface area (Å²) in [6.07, 6.45) is 4.55. The van der Waals surface area contributed by atoms with Gasteiger partial charge in [0.25, 0.3) is 0 Å². The lowest BCUT2D eigenvalue weighted by atomic mass is 9.80. The van der Waals surface area contributed by atoms with E-state index in [1.807, 2.05) is 0 Å². The van der Waals surface area contributed by atoms with Gasteiger partial charge in [0.15, 0.2) is 11.5 Å². The Labute approximate surface area is 135 Å². The van der Waals surface area contributed by atoms with Crippen LogP contribution in [0.15, 0.2) is 16.5 Å². The Balaban J connectivity index is 2.53. The van der Waals surface area contributed by atoms with E-state index in [9.17, 15) is 0 Å². The third-order valence-electron chi connectivity index (χ3n) is 4.20. The number of oxazole rings is 1. The van der Waals surface area contributed by atoms with Crippen molar-refractivity contribution in [2.75, 3.05) is 0 Å². The van der Waals surface area contributed by atoms with Crippen LogP contribution in [0.1, 0.15) is 84.7 Å². The zero-order valence-electron chi connectivity index (χ0n) is 15.3. The smallest absolute Gasteiger partial charge is 0.195 e. The standard InChI is InChI=1S/C20H31NO/c1-8-9-10-11-17-21-16-13-14(19(2,3)4)12-15(18(16)22-17)20(5,6)7/h12-13H,8-11H2,1-7H3. The van der Waals surface area contributed by atoms with Gasteiger partial charge in [-0.15, -0.1) is 0 Å². The number of hydrogen-bond donors (Lipinski definition) is 0. The van der Waals surface area contributed by atoms with Crippen LogP contribution in [-0.2, 0) is 17.3 Å². The van der Waals surface area contributed by atoms with E-state index in [2.05, 4.69) is 60.6 Å². The molecule has 2 nitrogen and oxygen atoms in total. The number of nitrogens with zero attached hydrogens (tertiary/aromatic N) is 1. The topological polar surface area (TPSA) is 26.0 Å². The molecule has 1 aromatic carbocycles. The van der Waals surface area contributed by atoms with Crippen molar-refractivity contribution in [1.29, 1.82) is 0 Å². The van der Waals surface area contributed by atoms with Crippen LogP contribution in [0.4, 0.5) is 0 Å². The maximum absolute atomic E-state index is 6.13. The first-order valence-electron chi connectivity index (χ1n) is 8.57. The third-order valence-corrected chi connectivity index (χ3v) is 4.20. The summed E-state index contributed by atoms with van der Waals surface area (Å²) in [6.45, 7) is 15.7. The van der Waals surface area contributed by atoms with Crippen LogP contribution < -0.4 is 0 Å². The van der Waals surface area contributed by atoms with Gasteiger partial charge < -0.3 is 4.42 Å². The van der Waals surface area contributed by atoms with Gasteiger partial charge >= 0.3 is 0 Å². The predicted octanol–water partition coefficient (Wildman–Crippen LogP) is 6.16. The zero-order valence-corrected chi connectivity index (χ0v) is 15.3. The van der Waals surface area contributed by atoms with Gasteiger partial charge in [0.1, 0.15) is 5.52 Å². The van der Waals surface area contributed by atoms with Gasteiger partial charge in [0.2, 0.25) is 0 Å². The zero-order chi connectivity index (χ0) is 16.5. The molecule has 0 saturated carbocycles. The molecule has 2 aromatic rings. The molecule has 0 spiro atoms. The van der Waals surface area contributed by atoms with Gasteiger partial charge in [-0.2, -0.15) is 0 Å². The van der Waals surface area contributed by atoms with Crippen molar-refractivity contribution in [1.82, 2.24) is 4.98 Å². The Hall–Kier alpha value is -1.31. The quantitative estimate of drug-likeness (QED) is 0.632. The Kier molecular flexibility index (Phi) is 4.70. The lowest BCUT2D eigenvalue weighted by Gasteiger charge is -2.24. The van der Waals surface area contributed by atoms with Crippen LogP contribution >= 0.6 is 0 Å². The average molecular weight is 301 g/mol. The molecule has 0 bridgehead atoms. The molecule has 0 N–H and O–H groups in total. The van der Waals surface area contributed by atoms with Crippen molar-refractivity contribution in [3.05, 3.63) is 29.2 Å². The summed E-state index contributed by atoms with van der Waals surface area (Å²) in [5.41, 5.74) is 4.77. The first-order valence-corrected chi connectivity index (χ1v) is 8.57. The fraction of sp³-hybridized carbons (Fsp3) is 0.650. The minimum absolute atomic E-state index is 0.0553. The predicted molar refractivity (Wildman–Crippen MR) is 94.6 cm³/mol. The van der Waals surface area contributed by atoms with Crippen molar-refractivity contribution in [3.8, 4) is 0 Å². The second-order valence-electron chi connectivity index (χ2n) is 8.44. The molecule has 22 heavy (non-hydrogen) atoms. The molecule has 0 atom stereocenters. The molecular weight excluding hydrogens is 270 g/mol. The van der Waals surface area contributed by atoms with E-state index < -0.39 is 0 Å². The Bertz CT molecular complexity index is 638. The minimum Gasteiger partial charge on any atom is -0.440 e. The van der Waals surface area contributed by atoms with Gasteiger partial charge in [-0.1, -0.05) is 67.4 Å². The lowest BCUT2D eigenvalue weighted by molar-refractivity contribution is 0.498. The van der Waals surface area contributed by atoms with Crippen LogP contribution in [0.5, 0.6) is 0 Å². The van der Waals surface area contributed by atoms with Crippen molar-refractivity contribution in [2.24, 2.45) is 0 Å². The van der Waals surface area contributed by atoms with Crippen molar-refractivity contribution < 1.29 is 4.42 Å². The summed E-state index contributed by atoms with van der Waals surface area (Å²) in [6, 6.07) is 4.51. The van der Waals surface area contributed by atoms with Gasteiger partial charge in [-0.25, -0.2) is 4.98 Å². The molecule has 2 heteroatoms. The van der Waals surface area contributed by atoms with Gasteiger partial charge in [-0.3, -0.25) is 0 Å². The highest BCUT2D eigenvalue weighted by molar-refractivity contribution is 5.79. The molecule has 0 aliphatic carbocycles. The van der Waals surface area contributed by atoms with Gasteiger partial charge in [0, 0.05) is 12.0 Å². The molecular formula is C20H31NO. The van der Waals surface area contributed by atoms with E-state index in [0.717, 1.165) is 29.8 Å². The highest BCUT2D eigenvalue weighted by Crippen LogP contribution is 2.35. The Morgan fingerprint density at radius 3 is 2.18 bits per heavy atom. The molecule has 0 unspecified atom stereocenters. The average Bonchev–Trinajstić information content (AvgIpc) is 2.78. The fourth-order valence-electron chi connectivity index (χ4n) is 2.70. The molecule has 0 radical (unpaired) electrons. The van der Waals surface area contributed by atoms with E-state index in [0.29, 0.717) is 0 Å². The number of benzene rings is 1. The maximum atomic E-state index is 6.13. The highest BCUT2D eigenvalue weighted by Gasteiger charge is 2.25. The summed E-state index contributed by atoms with van der Waals surface area (Å²) in [7, 11) is 0. The summed E-state index contributed by atoms with van der Waals surface area (Å²) in [5.74, 6) is 0.889. The van der Waals surface area contributed by atoms with E-state index in [4.69, 9.17) is 9.40 Å².